The lowest BCUT2D eigenvalue weighted by Gasteiger charge is -2.23. The van der Waals surface area contributed by atoms with E-state index in [1.54, 1.807) is 0 Å². The summed E-state index contributed by atoms with van der Waals surface area (Å²) in [5.41, 5.74) is 10.2. The van der Waals surface area contributed by atoms with E-state index in [1.807, 2.05) is 60.7 Å². The third-order valence-corrected chi connectivity index (χ3v) is 8.41. The molecule has 0 amide bonds. The zero-order valence-electron chi connectivity index (χ0n) is 30.7. The summed E-state index contributed by atoms with van der Waals surface area (Å²) in [6.07, 6.45) is 9.89. The third kappa shape index (κ3) is 11.6. The van der Waals surface area contributed by atoms with Gasteiger partial charge in [-0.1, -0.05) is 171 Å². The Hall–Kier alpha value is -6.32. The number of hydrogen-bond acceptors (Lipinski definition) is 3. The predicted octanol–water partition coefficient (Wildman–Crippen LogP) is 12.8. The highest BCUT2D eigenvalue weighted by atomic mass is 15.1. The molecule has 260 valence electrons. The Morgan fingerprint density at radius 2 is 1.25 bits per heavy atom. The van der Waals surface area contributed by atoms with Crippen LogP contribution in [0.1, 0.15) is 41.7 Å². The molecule has 3 heteroatoms. The molecule has 6 aromatic rings. The second-order valence-corrected chi connectivity index (χ2v) is 12.0. The number of likely N-dealkylation sites (N-methyl/N-ethyl adjacent to an activating group) is 1. The van der Waals surface area contributed by atoms with E-state index >= 15 is 0 Å². The fourth-order valence-electron chi connectivity index (χ4n) is 5.54. The molecule has 0 N–H and O–H groups in total. The molecular formula is C49H49N3. The summed E-state index contributed by atoms with van der Waals surface area (Å²) in [5.74, 6) is 0. The van der Waals surface area contributed by atoms with Gasteiger partial charge in [0.15, 0.2) is 0 Å². The average molecular weight is 680 g/mol. The molecule has 0 atom stereocenters. The Kier molecular flexibility index (Phi) is 15.6. The predicted molar refractivity (Wildman–Crippen MR) is 230 cm³/mol. The number of rotatable bonds is 11. The van der Waals surface area contributed by atoms with Crippen molar-refractivity contribution in [3.05, 3.63) is 216 Å². The number of hydrogen-bond donors (Lipinski definition) is 0. The molecule has 0 bridgehead atoms. The van der Waals surface area contributed by atoms with Crippen molar-refractivity contribution in [2.24, 2.45) is 9.98 Å². The van der Waals surface area contributed by atoms with Crippen LogP contribution in [-0.4, -0.2) is 20.5 Å². The molecule has 0 aliphatic heterocycles. The molecule has 0 aromatic heterocycles. The lowest BCUT2D eigenvalue weighted by atomic mass is 10.0. The van der Waals surface area contributed by atoms with Gasteiger partial charge in [-0.15, -0.1) is 0 Å². The molecule has 52 heavy (non-hydrogen) atoms. The topological polar surface area (TPSA) is 28.0 Å². The smallest absolute Gasteiger partial charge is 0.0632 e. The largest absolute Gasteiger partial charge is 0.345 e. The fourth-order valence-corrected chi connectivity index (χ4v) is 5.54. The second-order valence-electron chi connectivity index (χ2n) is 12.0. The summed E-state index contributed by atoms with van der Waals surface area (Å²) < 4.78 is 0. The van der Waals surface area contributed by atoms with E-state index in [9.17, 15) is 0 Å². The molecule has 3 nitrogen and oxygen atoms in total. The Morgan fingerprint density at radius 3 is 1.88 bits per heavy atom. The van der Waals surface area contributed by atoms with Crippen molar-refractivity contribution in [2.45, 2.75) is 26.8 Å². The Bertz CT molecular complexity index is 2100. The SMILES string of the molecule is C=NC(=C)c1ccccc1.C=NCc1ccccc1.C\C=C/C(=C\C(=C\c1cccc2ccccc12)N(C)c1cccc(CC)c1)c1ccccc1. The van der Waals surface area contributed by atoms with Gasteiger partial charge in [0.1, 0.15) is 0 Å². The van der Waals surface area contributed by atoms with Gasteiger partial charge in [-0.25, -0.2) is 0 Å². The maximum absolute atomic E-state index is 3.76. The average Bonchev–Trinajstić information content (AvgIpc) is 3.21. The zero-order chi connectivity index (χ0) is 37.0. The van der Waals surface area contributed by atoms with Crippen molar-refractivity contribution in [2.75, 3.05) is 11.9 Å². The van der Waals surface area contributed by atoms with Crippen LogP contribution in [0.5, 0.6) is 0 Å². The molecule has 0 aliphatic carbocycles. The number of aliphatic imine (C=N–C) groups is 2. The lowest BCUT2D eigenvalue weighted by Crippen LogP contribution is -2.15. The van der Waals surface area contributed by atoms with E-state index in [4.69, 9.17) is 0 Å². The molecule has 6 rings (SSSR count). The summed E-state index contributed by atoms with van der Waals surface area (Å²) in [5, 5.41) is 2.51. The van der Waals surface area contributed by atoms with Gasteiger partial charge in [-0.05, 0) is 95.2 Å². The Labute approximate surface area is 311 Å². The molecule has 0 saturated heterocycles. The first-order valence-corrected chi connectivity index (χ1v) is 17.6. The van der Waals surface area contributed by atoms with Crippen LogP contribution in [0.4, 0.5) is 5.69 Å². The molecule has 0 saturated carbocycles. The fraction of sp³-hybridized carbons (Fsp3) is 0.102. The minimum Gasteiger partial charge on any atom is -0.345 e. The van der Waals surface area contributed by atoms with Crippen LogP contribution < -0.4 is 4.90 Å². The summed E-state index contributed by atoms with van der Waals surface area (Å²) >= 11 is 0. The number of allylic oxidation sites excluding steroid dienone is 4. The molecule has 0 heterocycles. The van der Waals surface area contributed by atoms with Crippen LogP contribution in [0.25, 0.3) is 28.1 Å². The molecule has 6 aromatic carbocycles. The first kappa shape index (κ1) is 38.5. The van der Waals surface area contributed by atoms with E-state index in [2.05, 4.69) is 177 Å². The Balaban J connectivity index is 0.000000258. The summed E-state index contributed by atoms with van der Waals surface area (Å²) in [6, 6.07) is 54.3. The van der Waals surface area contributed by atoms with Crippen molar-refractivity contribution in [3.8, 4) is 0 Å². The molecule has 0 unspecified atom stereocenters. The standard InChI is InChI=1S/C32H31N.C9H9N.C8H9N/c1-4-13-28(26-15-7-6-8-16-26)23-31(33(3)30-20-11-14-25(5-2)22-30)24-29-19-12-18-27-17-9-10-21-32(27)29;1-8(10-2)9-6-4-3-5-7-9;1-9-7-8-5-3-2-4-6-8/h4,6-24H,5H2,1-3H3;3-7H,1-2H2;2-6H,1,7H2/b13-4-,28-23+,31-24-;;. The van der Waals surface area contributed by atoms with E-state index in [0.29, 0.717) is 0 Å². The highest BCUT2D eigenvalue weighted by molar-refractivity contribution is 5.92. The molecule has 0 aliphatic rings. The van der Waals surface area contributed by atoms with Crippen LogP contribution in [-0.2, 0) is 13.0 Å². The molecular weight excluding hydrogens is 631 g/mol. The van der Waals surface area contributed by atoms with Crippen molar-refractivity contribution < 1.29 is 0 Å². The number of aryl methyl sites for hydroxylation is 1. The van der Waals surface area contributed by atoms with Gasteiger partial charge in [0.2, 0.25) is 0 Å². The summed E-state index contributed by atoms with van der Waals surface area (Å²) in [4.78, 5) is 9.76. The van der Waals surface area contributed by atoms with Crippen molar-refractivity contribution >= 4 is 47.2 Å². The highest BCUT2D eigenvalue weighted by Gasteiger charge is 2.10. The van der Waals surface area contributed by atoms with Gasteiger partial charge >= 0.3 is 0 Å². The zero-order valence-corrected chi connectivity index (χ0v) is 30.7. The number of benzene rings is 6. The Morgan fingerprint density at radius 1 is 0.673 bits per heavy atom. The van der Waals surface area contributed by atoms with Crippen LogP contribution >= 0.6 is 0 Å². The third-order valence-electron chi connectivity index (χ3n) is 8.41. The lowest BCUT2D eigenvalue weighted by molar-refractivity contribution is 1.08. The highest BCUT2D eigenvalue weighted by Crippen LogP contribution is 2.28. The van der Waals surface area contributed by atoms with Crippen LogP contribution in [0.15, 0.2) is 198 Å². The minimum absolute atomic E-state index is 0.723. The van der Waals surface area contributed by atoms with E-state index in [0.717, 1.165) is 29.9 Å². The summed E-state index contributed by atoms with van der Waals surface area (Å²) in [6.45, 7) is 15.5. The van der Waals surface area contributed by atoms with Gasteiger partial charge < -0.3 is 4.90 Å². The monoisotopic (exact) mass is 679 g/mol. The van der Waals surface area contributed by atoms with Gasteiger partial charge in [0.25, 0.3) is 0 Å². The van der Waals surface area contributed by atoms with Gasteiger partial charge in [0, 0.05) is 18.4 Å². The van der Waals surface area contributed by atoms with Crippen LogP contribution in [0, 0.1) is 0 Å². The first-order chi connectivity index (χ1) is 25.5. The van der Waals surface area contributed by atoms with Crippen LogP contribution in [0.2, 0.25) is 0 Å². The van der Waals surface area contributed by atoms with Gasteiger partial charge in [-0.3, -0.25) is 9.98 Å². The van der Waals surface area contributed by atoms with Gasteiger partial charge in [-0.2, -0.15) is 0 Å². The van der Waals surface area contributed by atoms with E-state index in [1.165, 1.54) is 44.3 Å². The minimum atomic E-state index is 0.723. The number of nitrogens with zero attached hydrogens (tertiary/aromatic N) is 3. The number of anilines is 1. The maximum atomic E-state index is 3.76. The van der Waals surface area contributed by atoms with E-state index < -0.39 is 0 Å². The molecule has 0 radical (unpaired) electrons. The normalized spacial score (nSPS) is 11.1. The maximum Gasteiger partial charge on any atom is 0.0632 e. The number of fused-ring (bicyclic) bond motifs is 1. The summed E-state index contributed by atoms with van der Waals surface area (Å²) in [7, 11) is 2.15. The second kappa shape index (κ2) is 21.0. The van der Waals surface area contributed by atoms with Crippen LogP contribution in [0.3, 0.4) is 0 Å². The van der Waals surface area contributed by atoms with E-state index in [-0.39, 0.29) is 0 Å². The quantitative estimate of drug-likeness (QED) is 0.0989. The van der Waals surface area contributed by atoms with Crippen molar-refractivity contribution in [3.63, 3.8) is 0 Å². The molecule has 0 fully saturated rings. The van der Waals surface area contributed by atoms with Crippen molar-refractivity contribution in [1.82, 2.24) is 0 Å². The molecule has 0 spiro atoms. The first-order valence-electron chi connectivity index (χ1n) is 17.6. The van der Waals surface area contributed by atoms with Crippen molar-refractivity contribution in [1.29, 1.82) is 0 Å². The van der Waals surface area contributed by atoms with Gasteiger partial charge in [0.05, 0.1) is 12.2 Å².